The number of para-hydroxylation sites is 3. The van der Waals surface area contributed by atoms with E-state index >= 15 is 0 Å². The third kappa shape index (κ3) is 5.10. The smallest absolute Gasteiger partial charge is 0.292 e. The van der Waals surface area contributed by atoms with Gasteiger partial charge in [-0.2, -0.15) is 0 Å². The van der Waals surface area contributed by atoms with Crippen LogP contribution in [0.5, 0.6) is 0 Å². The van der Waals surface area contributed by atoms with E-state index in [-0.39, 0.29) is 28.1 Å². The summed E-state index contributed by atoms with van der Waals surface area (Å²) in [6, 6.07) is 15.3. The fraction of sp³-hybridized carbons (Fsp3) is 0.321. The lowest BCUT2D eigenvalue weighted by molar-refractivity contribution is -0.383. The van der Waals surface area contributed by atoms with E-state index in [9.17, 15) is 19.7 Å². The Morgan fingerprint density at radius 3 is 2.61 bits per heavy atom. The largest absolute Gasteiger partial charge is 0.320 e. The Morgan fingerprint density at radius 2 is 1.89 bits per heavy atom. The second-order valence-electron chi connectivity index (χ2n) is 10.5. The van der Waals surface area contributed by atoms with Gasteiger partial charge in [0, 0.05) is 10.9 Å². The van der Waals surface area contributed by atoms with E-state index in [1.807, 2.05) is 30.3 Å². The summed E-state index contributed by atoms with van der Waals surface area (Å²) in [5.74, 6) is 0.0596. The molecule has 10 heteroatoms. The number of thiophene rings is 1. The molecule has 38 heavy (non-hydrogen) atoms. The van der Waals surface area contributed by atoms with Gasteiger partial charge in [-0.3, -0.25) is 24.3 Å². The Labute approximate surface area is 228 Å². The molecule has 0 unspecified atom stereocenters. The summed E-state index contributed by atoms with van der Waals surface area (Å²) in [7, 11) is 0. The molecular formula is C28H28N4O4S2. The highest BCUT2D eigenvalue weighted by Gasteiger charge is 2.32. The molecule has 1 N–H and O–H groups in total. The van der Waals surface area contributed by atoms with E-state index in [1.165, 1.54) is 17.0 Å². The molecule has 1 atom stereocenters. The normalized spacial score (nSPS) is 15.3. The van der Waals surface area contributed by atoms with Crippen LogP contribution in [-0.2, 0) is 17.6 Å². The van der Waals surface area contributed by atoms with Crippen molar-refractivity contribution in [3.05, 3.63) is 85.5 Å². The minimum atomic E-state index is -0.534. The predicted molar refractivity (Wildman–Crippen MR) is 153 cm³/mol. The number of carbonyl (C=O) groups is 1. The second kappa shape index (κ2) is 10.3. The zero-order valence-electron chi connectivity index (χ0n) is 21.4. The maximum absolute atomic E-state index is 14.0. The third-order valence-corrected chi connectivity index (χ3v) is 9.09. The van der Waals surface area contributed by atoms with Crippen molar-refractivity contribution in [1.82, 2.24) is 9.55 Å². The Hall–Kier alpha value is -3.50. The van der Waals surface area contributed by atoms with Crippen LogP contribution in [0.2, 0.25) is 0 Å². The number of aromatic nitrogens is 2. The summed E-state index contributed by atoms with van der Waals surface area (Å²) in [5, 5.41) is 15.0. The summed E-state index contributed by atoms with van der Waals surface area (Å²) >= 11 is 2.72. The average molecular weight is 549 g/mol. The lowest BCUT2D eigenvalue weighted by atomic mass is 9.72. The first-order chi connectivity index (χ1) is 18.1. The van der Waals surface area contributed by atoms with Crippen molar-refractivity contribution >= 4 is 50.6 Å². The Balaban J connectivity index is 1.50. The first-order valence-corrected chi connectivity index (χ1v) is 14.2. The van der Waals surface area contributed by atoms with E-state index in [1.54, 1.807) is 28.0 Å². The molecule has 0 spiro atoms. The Bertz CT molecular complexity index is 1590. The Kier molecular flexibility index (Phi) is 7.11. The number of anilines is 1. The molecule has 1 aliphatic carbocycles. The molecule has 2 aromatic carbocycles. The number of rotatable bonds is 6. The van der Waals surface area contributed by atoms with E-state index in [2.05, 4.69) is 26.1 Å². The van der Waals surface area contributed by atoms with Crippen LogP contribution in [0.3, 0.4) is 0 Å². The summed E-state index contributed by atoms with van der Waals surface area (Å²) in [6.45, 7) is 6.79. The number of nitro benzene ring substituents is 1. The summed E-state index contributed by atoms with van der Waals surface area (Å²) in [4.78, 5) is 44.3. The van der Waals surface area contributed by atoms with Crippen LogP contribution in [0, 0.1) is 21.4 Å². The SMILES string of the molecule is CC(C)(C)[C@H]1CCc2c(sc3nc(SCC(=O)Nc4ccccc4[N+](=O)[O-])n(-c4ccccc4)c(=O)c23)C1. The van der Waals surface area contributed by atoms with Crippen molar-refractivity contribution in [2.24, 2.45) is 11.3 Å². The topological polar surface area (TPSA) is 107 Å². The van der Waals surface area contributed by atoms with Crippen LogP contribution in [-0.4, -0.2) is 26.1 Å². The predicted octanol–water partition coefficient (Wildman–Crippen LogP) is 6.24. The molecule has 2 aromatic heterocycles. The molecule has 1 aliphatic rings. The van der Waals surface area contributed by atoms with Gasteiger partial charge in [-0.15, -0.1) is 11.3 Å². The number of carbonyl (C=O) groups excluding carboxylic acids is 1. The molecule has 1 amide bonds. The van der Waals surface area contributed by atoms with Gasteiger partial charge in [0.2, 0.25) is 5.91 Å². The van der Waals surface area contributed by atoms with Crippen molar-refractivity contribution in [2.75, 3.05) is 11.1 Å². The van der Waals surface area contributed by atoms with Crippen LogP contribution in [0.15, 0.2) is 64.5 Å². The minimum absolute atomic E-state index is 0.0615. The zero-order chi connectivity index (χ0) is 27.0. The lowest BCUT2D eigenvalue weighted by Crippen LogP contribution is -2.27. The summed E-state index contributed by atoms with van der Waals surface area (Å²) in [6.07, 6.45) is 2.83. The van der Waals surface area contributed by atoms with Crippen molar-refractivity contribution in [1.29, 1.82) is 0 Å². The maximum atomic E-state index is 14.0. The van der Waals surface area contributed by atoms with Gasteiger partial charge in [0.25, 0.3) is 11.2 Å². The molecule has 196 valence electrons. The van der Waals surface area contributed by atoms with Crippen LogP contribution >= 0.6 is 23.1 Å². The fourth-order valence-corrected chi connectivity index (χ4v) is 7.06. The fourth-order valence-electron chi connectivity index (χ4n) is 4.90. The van der Waals surface area contributed by atoms with E-state index < -0.39 is 10.8 Å². The summed E-state index contributed by atoms with van der Waals surface area (Å²) in [5.41, 5.74) is 1.80. The standard InChI is InChI=1S/C28H28N4O4S2/c1-28(2,3)17-13-14-19-22(15-17)38-25-24(19)26(34)31(18-9-5-4-6-10-18)27(30-25)37-16-23(33)29-20-11-7-8-12-21(20)32(35)36/h4-12,17H,13-16H2,1-3H3,(H,29,33)/t17-/m0/s1. The molecule has 0 radical (unpaired) electrons. The van der Waals surface area contributed by atoms with Gasteiger partial charge < -0.3 is 5.32 Å². The monoisotopic (exact) mass is 548 g/mol. The van der Waals surface area contributed by atoms with Gasteiger partial charge in [-0.25, -0.2) is 4.98 Å². The molecule has 2 heterocycles. The number of nitrogens with zero attached hydrogens (tertiary/aromatic N) is 3. The van der Waals surface area contributed by atoms with Gasteiger partial charge in [0.15, 0.2) is 5.16 Å². The zero-order valence-corrected chi connectivity index (χ0v) is 23.0. The van der Waals surface area contributed by atoms with Crippen molar-refractivity contribution in [3.8, 4) is 5.69 Å². The molecule has 5 rings (SSSR count). The highest BCUT2D eigenvalue weighted by molar-refractivity contribution is 7.99. The Morgan fingerprint density at radius 1 is 1.18 bits per heavy atom. The van der Waals surface area contributed by atoms with Gasteiger partial charge in [-0.1, -0.05) is 62.9 Å². The quantitative estimate of drug-likeness (QED) is 0.132. The number of aryl methyl sites for hydroxylation is 1. The highest BCUT2D eigenvalue weighted by atomic mass is 32.2. The number of fused-ring (bicyclic) bond motifs is 3. The summed E-state index contributed by atoms with van der Waals surface area (Å²) < 4.78 is 1.58. The van der Waals surface area contributed by atoms with Crippen LogP contribution < -0.4 is 10.9 Å². The highest BCUT2D eigenvalue weighted by Crippen LogP contribution is 2.42. The molecule has 8 nitrogen and oxygen atoms in total. The number of nitrogens with one attached hydrogen (secondary N) is 1. The molecule has 0 aliphatic heterocycles. The first-order valence-electron chi connectivity index (χ1n) is 12.4. The van der Waals surface area contributed by atoms with Crippen LogP contribution in [0.4, 0.5) is 11.4 Å². The number of thioether (sulfide) groups is 1. The van der Waals surface area contributed by atoms with E-state index in [0.29, 0.717) is 27.0 Å². The minimum Gasteiger partial charge on any atom is -0.320 e. The third-order valence-electron chi connectivity index (χ3n) is 7.00. The van der Waals surface area contributed by atoms with E-state index in [4.69, 9.17) is 4.98 Å². The van der Waals surface area contributed by atoms with E-state index in [0.717, 1.165) is 36.6 Å². The second-order valence-corrected chi connectivity index (χ2v) is 12.5. The first kappa shape index (κ1) is 26.1. The molecule has 0 fully saturated rings. The molecule has 0 bridgehead atoms. The van der Waals surface area contributed by atoms with Crippen molar-refractivity contribution < 1.29 is 9.72 Å². The van der Waals surface area contributed by atoms with Crippen molar-refractivity contribution in [3.63, 3.8) is 0 Å². The van der Waals surface area contributed by atoms with Gasteiger partial charge >= 0.3 is 0 Å². The van der Waals surface area contributed by atoms with Gasteiger partial charge in [-0.05, 0) is 54.4 Å². The number of nitro groups is 1. The van der Waals surface area contributed by atoms with Crippen LogP contribution in [0.25, 0.3) is 15.9 Å². The molecule has 0 saturated carbocycles. The van der Waals surface area contributed by atoms with Gasteiger partial charge in [0.1, 0.15) is 10.5 Å². The molecule has 4 aromatic rings. The van der Waals surface area contributed by atoms with Crippen LogP contribution in [0.1, 0.15) is 37.6 Å². The number of hydrogen-bond donors (Lipinski definition) is 1. The number of hydrogen-bond acceptors (Lipinski definition) is 7. The number of benzene rings is 2. The van der Waals surface area contributed by atoms with Crippen molar-refractivity contribution in [2.45, 2.75) is 45.2 Å². The molecular weight excluding hydrogens is 520 g/mol. The molecule has 0 saturated heterocycles. The maximum Gasteiger partial charge on any atom is 0.292 e. The average Bonchev–Trinajstić information content (AvgIpc) is 3.25. The number of amides is 1. The lowest BCUT2D eigenvalue weighted by Gasteiger charge is -2.33. The van der Waals surface area contributed by atoms with Gasteiger partial charge in [0.05, 0.1) is 21.7 Å².